The molecule has 0 spiro atoms. The van der Waals surface area contributed by atoms with Crippen molar-refractivity contribution in [2.45, 2.75) is 89.4 Å². The van der Waals surface area contributed by atoms with E-state index in [0.29, 0.717) is 47.1 Å². The van der Waals surface area contributed by atoms with Crippen molar-refractivity contribution >= 4 is 57.2 Å². The summed E-state index contributed by atoms with van der Waals surface area (Å²) >= 11 is 0. The van der Waals surface area contributed by atoms with Crippen molar-refractivity contribution in [2.75, 3.05) is 65.0 Å². The number of carboxylic acid groups (broad SMARTS) is 1. The van der Waals surface area contributed by atoms with Gasteiger partial charge in [-0.1, -0.05) is 37.8 Å². The lowest BCUT2D eigenvalue weighted by atomic mass is 9.99. The zero-order chi connectivity index (χ0) is 50.2. The van der Waals surface area contributed by atoms with E-state index in [9.17, 15) is 29.7 Å². The molecule has 0 atom stereocenters. The lowest BCUT2D eigenvalue weighted by molar-refractivity contribution is -0.137. The number of nitrogens with one attached hydrogen (secondary N) is 3. The van der Waals surface area contributed by atoms with Crippen LogP contribution in [0.1, 0.15) is 96.8 Å². The number of carbonyl (C=O) groups excluding carboxylic acids is 1. The topological polar surface area (TPSA) is 243 Å². The lowest BCUT2D eigenvalue weighted by Gasteiger charge is -2.30. The number of benzene rings is 2. The molecule has 6 aromatic rings. The van der Waals surface area contributed by atoms with Crippen molar-refractivity contribution in [1.82, 2.24) is 49.1 Å². The second-order valence-electron chi connectivity index (χ2n) is 19.1. The van der Waals surface area contributed by atoms with Crippen molar-refractivity contribution in [3.8, 4) is 12.1 Å². The van der Waals surface area contributed by atoms with Gasteiger partial charge in [0.15, 0.2) is 0 Å². The maximum atomic E-state index is 13.0. The molecule has 2 aromatic carbocycles. The van der Waals surface area contributed by atoms with Crippen LogP contribution in [-0.4, -0.2) is 115 Å². The summed E-state index contributed by atoms with van der Waals surface area (Å²) in [5.74, 6) is 0.185. The van der Waals surface area contributed by atoms with Gasteiger partial charge in [0.05, 0.1) is 13.1 Å². The number of aliphatic carboxylic acids is 1. The number of fused-ring (bicyclic) bond motifs is 4. The van der Waals surface area contributed by atoms with Crippen LogP contribution >= 0.6 is 0 Å². The fourth-order valence-electron chi connectivity index (χ4n) is 9.83. The highest BCUT2D eigenvalue weighted by atomic mass is 16.4. The van der Waals surface area contributed by atoms with E-state index in [-0.39, 0.29) is 46.8 Å². The molecule has 71 heavy (non-hydrogen) atoms. The van der Waals surface area contributed by atoms with Crippen LogP contribution in [0.4, 0.5) is 23.3 Å². The Morgan fingerprint density at radius 3 is 1.66 bits per heavy atom. The first-order chi connectivity index (χ1) is 34.3. The molecular weight excluding hydrogens is 901 g/mol. The van der Waals surface area contributed by atoms with Crippen LogP contribution in [0.3, 0.4) is 0 Å². The maximum absolute atomic E-state index is 13.0. The van der Waals surface area contributed by atoms with Crippen LogP contribution in [0.25, 0.3) is 22.1 Å². The Kier molecular flexibility index (Phi) is 15.8. The summed E-state index contributed by atoms with van der Waals surface area (Å²) in [5.41, 5.74) is 7.63. The molecule has 0 saturated heterocycles. The monoisotopic (exact) mass is 960 g/mol. The minimum Gasteiger partial charge on any atom is -0.480 e. The molecule has 2 fully saturated rings. The number of nitrogens with zero attached hydrogens (tertiary/aromatic N) is 11. The van der Waals surface area contributed by atoms with Crippen molar-refractivity contribution in [3.05, 3.63) is 115 Å². The zero-order valence-electron chi connectivity index (χ0n) is 40.7. The maximum Gasteiger partial charge on any atom is 0.317 e. The van der Waals surface area contributed by atoms with Crippen molar-refractivity contribution in [1.29, 1.82) is 10.5 Å². The van der Waals surface area contributed by atoms with E-state index in [2.05, 4.69) is 49.1 Å². The molecule has 2 aliphatic heterocycles. The summed E-state index contributed by atoms with van der Waals surface area (Å²) in [7, 11) is 7.23. The van der Waals surface area contributed by atoms with Gasteiger partial charge in [0.25, 0.3) is 11.1 Å². The smallest absolute Gasteiger partial charge is 0.317 e. The molecule has 0 unspecified atom stereocenters. The molecule has 2 aliphatic carbocycles. The number of amides is 1. The summed E-state index contributed by atoms with van der Waals surface area (Å²) < 4.78 is 3.40. The molecule has 10 rings (SSSR count). The van der Waals surface area contributed by atoms with Gasteiger partial charge in [-0.2, -0.15) is 20.5 Å². The SMILES string of the molecule is CN(C)CC(=O)N1CCc2ccc(Nc3ncc4cc(C#N)c(=O)n(C5CCCC5)c4n3)cc2C1.CN(C)CC(=O)O.N#Cc1cc2cnc(Nc3ccc4c(c3)CNCC4)nc2n(C2CCCC2)c1=O. The molecule has 4 aromatic heterocycles. The van der Waals surface area contributed by atoms with Gasteiger partial charge in [-0.25, -0.2) is 9.97 Å². The quantitative estimate of drug-likeness (QED) is 0.127. The van der Waals surface area contributed by atoms with E-state index in [1.54, 1.807) is 52.7 Å². The number of anilines is 4. The first-order valence-corrected chi connectivity index (χ1v) is 24.2. The lowest BCUT2D eigenvalue weighted by Crippen LogP contribution is -2.40. The second-order valence-corrected chi connectivity index (χ2v) is 19.1. The normalized spacial score (nSPS) is 15.5. The standard InChI is InChI=1S/C26H29N7O2.C22H22N6O.C4H9NO2/c1-31(2)16-23(34)32-10-9-17-7-8-21(12-20(17)15-32)29-26-28-14-19-11-18(13-27)25(35)33(24(19)30-26)22-5-3-4-6-22;23-11-15-9-17-13-25-22(26-18-6-5-14-7-8-24-12-16(14)10-18)27-20(17)28(21(15)29)19-3-1-2-4-19;1-5(2)3-4(6)7/h7-8,11-12,14,22H,3-6,9-10,15-16H2,1-2H3,(H,28,29,30);5-6,9-10,13,19,24H,1-4,7-8,12H2,(H,25,26,27);3H2,1-2H3,(H,6,7). The second kappa shape index (κ2) is 22.4. The Morgan fingerprint density at radius 1 is 0.704 bits per heavy atom. The third-order valence-corrected chi connectivity index (χ3v) is 13.2. The number of hydrogen-bond donors (Lipinski definition) is 4. The molecule has 19 heteroatoms. The van der Waals surface area contributed by atoms with E-state index in [0.717, 1.165) is 101 Å². The van der Waals surface area contributed by atoms with Crippen LogP contribution in [0.5, 0.6) is 0 Å². The predicted octanol–water partition coefficient (Wildman–Crippen LogP) is 5.77. The van der Waals surface area contributed by atoms with E-state index < -0.39 is 5.97 Å². The number of rotatable bonds is 10. The number of carboxylic acids is 1. The van der Waals surface area contributed by atoms with Gasteiger partial charge >= 0.3 is 5.97 Å². The van der Waals surface area contributed by atoms with Gasteiger partial charge in [-0.15, -0.1) is 0 Å². The van der Waals surface area contributed by atoms with Gasteiger partial charge in [0.2, 0.25) is 17.8 Å². The fourth-order valence-corrected chi connectivity index (χ4v) is 9.83. The Morgan fingerprint density at radius 2 is 1.20 bits per heavy atom. The van der Waals surface area contributed by atoms with E-state index in [1.165, 1.54) is 16.7 Å². The average molecular weight is 961 g/mol. The Hall–Kier alpha value is -7.58. The largest absolute Gasteiger partial charge is 0.480 e. The van der Waals surface area contributed by atoms with Crippen LogP contribution in [-0.2, 0) is 35.5 Å². The first-order valence-electron chi connectivity index (χ1n) is 24.2. The van der Waals surface area contributed by atoms with Crippen molar-refractivity contribution in [2.24, 2.45) is 0 Å². The van der Waals surface area contributed by atoms with Crippen LogP contribution < -0.4 is 27.1 Å². The molecule has 19 nitrogen and oxygen atoms in total. The number of nitriles is 2. The Labute approximate surface area is 411 Å². The van der Waals surface area contributed by atoms with Crippen LogP contribution in [0.2, 0.25) is 0 Å². The highest BCUT2D eigenvalue weighted by Gasteiger charge is 2.26. The molecule has 6 heterocycles. The van der Waals surface area contributed by atoms with E-state index >= 15 is 0 Å². The molecule has 4 N–H and O–H groups in total. The van der Waals surface area contributed by atoms with Gasteiger partial charge in [-0.3, -0.25) is 33.2 Å². The molecule has 0 bridgehead atoms. The third kappa shape index (κ3) is 11.9. The number of hydrogen-bond acceptors (Lipinski definition) is 15. The number of pyridine rings is 2. The first kappa shape index (κ1) is 49.8. The van der Waals surface area contributed by atoms with Gasteiger partial charge in [0.1, 0.15) is 34.6 Å². The summed E-state index contributed by atoms with van der Waals surface area (Å²) in [6.45, 7) is 3.69. The minimum atomic E-state index is -0.787. The van der Waals surface area contributed by atoms with Crippen LogP contribution in [0, 0.1) is 22.7 Å². The number of likely N-dealkylation sites (N-methyl/N-ethyl adjacent to an activating group) is 2. The molecular formula is C52H60N14O5. The van der Waals surface area contributed by atoms with E-state index in [1.807, 2.05) is 54.2 Å². The highest BCUT2D eigenvalue weighted by Crippen LogP contribution is 2.33. The molecule has 4 aliphatic rings. The molecule has 0 radical (unpaired) electrons. The minimum absolute atomic E-state index is 0.0514. The number of carbonyl (C=O) groups is 2. The third-order valence-electron chi connectivity index (χ3n) is 13.2. The van der Waals surface area contributed by atoms with Gasteiger partial charge in [-0.05, 0) is 132 Å². The van der Waals surface area contributed by atoms with Crippen molar-refractivity contribution in [3.63, 3.8) is 0 Å². The van der Waals surface area contributed by atoms with Crippen molar-refractivity contribution < 1.29 is 14.7 Å². The van der Waals surface area contributed by atoms with Crippen LogP contribution in [0.15, 0.2) is 70.5 Å². The molecule has 2 saturated carbocycles. The summed E-state index contributed by atoms with van der Waals surface area (Å²) in [6, 6.07) is 19.8. The molecule has 1 amide bonds. The number of aromatic nitrogens is 6. The summed E-state index contributed by atoms with van der Waals surface area (Å²) in [6.07, 6.45) is 13.2. The zero-order valence-corrected chi connectivity index (χ0v) is 40.7. The van der Waals surface area contributed by atoms with Gasteiger partial charge in [0, 0.05) is 66.3 Å². The Bertz CT molecular complexity index is 3160. The predicted molar refractivity (Wildman–Crippen MR) is 271 cm³/mol. The fraction of sp³-hybridized carbons (Fsp3) is 0.423. The van der Waals surface area contributed by atoms with Gasteiger partial charge < -0.3 is 30.9 Å². The average Bonchev–Trinajstić information content (AvgIpc) is 4.09. The highest BCUT2D eigenvalue weighted by molar-refractivity contribution is 5.80. The van der Waals surface area contributed by atoms with E-state index in [4.69, 9.17) is 10.1 Å². The summed E-state index contributed by atoms with van der Waals surface area (Å²) in [5, 5.41) is 38.2. The Balaban J connectivity index is 0.000000170. The molecule has 368 valence electrons. The summed E-state index contributed by atoms with van der Waals surface area (Å²) in [4.78, 5) is 71.8.